The minimum absolute atomic E-state index is 0.0574. The normalized spacial score (nSPS) is 18.1. The maximum Gasteiger partial charge on any atom is 0.307 e. The Morgan fingerprint density at radius 2 is 1.81 bits per heavy atom. The van der Waals surface area contributed by atoms with Crippen LogP contribution in [0.2, 0.25) is 0 Å². The molecule has 0 saturated carbocycles. The van der Waals surface area contributed by atoms with E-state index in [0.29, 0.717) is 41.2 Å². The average molecular weight is 485 g/mol. The molecule has 3 aromatic carbocycles. The lowest BCUT2D eigenvalue weighted by Crippen LogP contribution is -2.29. The number of carbonyl (C=O) groups is 3. The molecular weight excluding hydrogens is 462 g/mol. The Bertz CT molecular complexity index is 1410. The molecule has 3 aromatic rings. The predicted molar refractivity (Wildman–Crippen MR) is 131 cm³/mol. The SMILES string of the molecule is COc1ccccc1C1/C(=C(\O)c2ccc3c(c2)CCO3)C(=O)C(=O)N1c1ccc(CC(=O)O)cc1. The topological polar surface area (TPSA) is 113 Å². The largest absolute Gasteiger partial charge is 0.507 e. The van der Waals surface area contributed by atoms with Gasteiger partial charge in [0.05, 0.1) is 31.8 Å². The number of amides is 1. The predicted octanol–water partition coefficient (Wildman–Crippen LogP) is 3.88. The number of para-hydroxylation sites is 1. The van der Waals surface area contributed by atoms with E-state index in [1.807, 2.05) is 0 Å². The third-order valence-corrected chi connectivity index (χ3v) is 6.41. The lowest BCUT2D eigenvalue weighted by Gasteiger charge is -2.26. The fraction of sp³-hybridized carbons (Fsp3) is 0.179. The minimum atomic E-state index is -0.975. The summed E-state index contributed by atoms with van der Waals surface area (Å²) >= 11 is 0. The quantitative estimate of drug-likeness (QED) is 0.309. The number of hydrogen-bond donors (Lipinski definition) is 2. The van der Waals surface area contributed by atoms with E-state index in [0.717, 1.165) is 11.3 Å². The molecule has 1 unspecified atom stereocenters. The molecule has 0 aliphatic carbocycles. The second-order valence-electron chi connectivity index (χ2n) is 8.57. The van der Waals surface area contributed by atoms with Gasteiger partial charge in [0.1, 0.15) is 17.3 Å². The van der Waals surface area contributed by atoms with Crippen LogP contribution in [0.5, 0.6) is 11.5 Å². The Labute approximate surface area is 207 Å². The van der Waals surface area contributed by atoms with E-state index < -0.39 is 23.7 Å². The number of ketones is 1. The number of Topliss-reactive ketones (excluding diaryl/α,β-unsaturated/α-hetero) is 1. The van der Waals surface area contributed by atoms with Crippen molar-refractivity contribution in [2.75, 3.05) is 18.6 Å². The zero-order valence-corrected chi connectivity index (χ0v) is 19.4. The number of aliphatic hydroxyl groups excluding tert-OH is 1. The van der Waals surface area contributed by atoms with Gasteiger partial charge in [0.2, 0.25) is 0 Å². The Kier molecular flexibility index (Phi) is 5.93. The van der Waals surface area contributed by atoms with Gasteiger partial charge in [-0.25, -0.2) is 0 Å². The van der Waals surface area contributed by atoms with Gasteiger partial charge in [0, 0.05) is 23.2 Å². The highest BCUT2D eigenvalue weighted by molar-refractivity contribution is 6.51. The molecule has 2 aliphatic rings. The van der Waals surface area contributed by atoms with Crippen LogP contribution in [0.15, 0.2) is 72.3 Å². The Morgan fingerprint density at radius 3 is 2.53 bits per heavy atom. The molecule has 5 rings (SSSR count). The average Bonchev–Trinajstić information content (AvgIpc) is 3.45. The van der Waals surface area contributed by atoms with Gasteiger partial charge < -0.3 is 19.7 Å². The van der Waals surface area contributed by atoms with Crippen molar-refractivity contribution in [1.29, 1.82) is 0 Å². The van der Waals surface area contributed by atoms with Crippen LogP contribution < -0.4 is 14.4 Å². The monoisotopic (exact) mass is 485 g/mol. The molecule has 2 aliphatic heterocycles. The van der Waals surface area contributed by atoms with Crippen LogP contribution in [0.25, 0.3) is 5.76 Å². The lowest BCUT2D eigenvalue weighted by atomic mass is 9.93. The Hall–Kier alpha value is -4.59. The molecule has 8 heteroatoms. The Balaban J connectivity index is 1.68. The summed E-state index contributed by atoms with van der Waals surface area (Å²) in [7, 11) is 1.49. The van der Waals surface area contributed by atoms with Gasteiger partial charge in [0.25, 0.3) is 11.7 Å². The molecule has 0 aromatic heterocycles. The fourth-order valence-corrected chi connectivity index (χ4v) is 4.72. The van der Waals surface area contributed by atoms with Gasteiger partial charge in [0.15, 0.2) is 0 Å². The van der Waals surface area contributed by atoms with E-state index in [1.54, 1.807) is 66.7 Å². The van der Waals surface area contributed by atoms with Gasteiger partial charge in [-0.1, -0.05) is 30.3 Å². The molecular formula is C28H23NO7. The van der Waals surface area contributed by atoms with Crippen LogP contribution in [0.3, 0.4) is 0 Å². The summed E-state index contributed by atoms with van der Waals surface area (Å²) in [5.41, 5.74) is 2.74. The van der Waals surface area contributed by atoms with Gasteiger partial charge in [-0.3, -0.25) is 19.3 Å². The Morgan fingerprint density at radius 1 is 1.06 bits per heavy atom. The van der Waals surface area contributed by atoms with Crippen molar-refractivity contribution in [2.24, 2.45) is 0 Å². The van der Waals surface area contributed by atoms with E-state index in [2.05, 4.69) is 0 Å². The third-order valence-electron chi connectivity index (χ3n) is 6.41. The number of aliphatic hydroxyl groups is 1. The van der Waals surface area contributed by atoms with Crippen LogP contribution in [-0.4, -0.2) is 41.6 Å². The molecule has 1 amide bonds. The smallest absolute Gasteiger partial charge is 0.307 e. The first-order chi connectivity index (χ1) is 17.4. The molecule has 8 nitrogen and oxygen atoms in total. The first kappa shape index (κ1) is 23.2. The number of carboxylic acid groups (broad SMARTS) is 1. The number of methoxy groups -OCH3 is 1. The molecule has 1 saturated heterocycles. The molecule has 0 spiro atoms. The second kappa shape index (κ2) is 9.22. The highest BCUT2D eigenvalue weighted by atomic mass is 16.5. The van der Waals surface area contributed by atoms with Crippen molar-refractivity contribution in [3.05, 3.63) is 94.6 Å². The maximum absolute atomic E-state index is 13.4. The van der Waals surface area contributed by atoms with E-state index in [4.69, 9.17) is 14.6 Å². The fourth-order valence-electron chi connectivity index (χ4n) is 4.72. The van der Waals surface area contributed by atoms with Crippen molar-refractivity contribution >= 4 is 29.1 Å². The number of anilines is 1. The first-order valence-electron chi connectivity index (χ1n) is 11.4. The number of ether oxygens (including phenoxy) is 2. The number of hydrogen-bond acceptors (Lipinski definition) is 6. The number of fused-ring (bicyclic) bond motifs is 1. The van der Waals surface area contributed by atoms with Crippen molar-refractivity contribution in [3.63, 3.8) is 0 Å². The number of benzene rings is 3. The maximum atomic E-state index is 13.4. The molecule has 182 valence electrons. The molecule has 2 heterocycles. The van der Waals surface area contributed by atoms with Gasteiger partial charge in [-0.05, 0) is 47.5 Å². The summed E-state index contributed by atoms with van der Waals surface area (Å²) in [5, 5.41) is 20.4. The van der Waals surface area contributed by atoms with Crippen LogP contribution >= 0.6 is 0 Å². The first-order valence-corrected chi connectivity index (χ1v) is 11.4. The van der Waals surface area contributed by atoms with Crippen LogP contribution in [0, 0.1) is 0 Å². The van der Waals surface area contributed by atoms with Gasteiger partial charge >= 0.3 is 5.97 Å². The van der Waals surface area contributed by atoms with Crippen molar-refractivity contribution in [2.45, 2.75) is 18.9 Å². The summed E-state index contributed by atoms with van der Waals surface area (Å²) in [6.45, 7) is 0.545. The lowest BCUT2D eigenvalue weighted by molar-refractivity contribution is -0.136. The van der Waals surface area contributed by atoms with Crippen molar-refractivity contribution < 1.29 is 34.1 Å². The van der Waals surface area contributed by atoms with E-state index in [9.17, 15) is 19.5 Å². The number of carbonyl (C=O) groups excluding carboxylic acids is 2. The summed E-state index contributed by atoms with van der Waals surface area (Å²) in [6.07, 6.45) is 0.514. The molecule has 2 N–H and O–H groups in total. The molecule has 0 radical (unpaired) electrons. The molecule has 0 bridgehead atoms. The van der Waals surface area contributed by atoms with E-state index >= 15 is 0 Å². The van der Waals surface area contributed by atoms with Gasteiger partial charge in [-0.15, -0.1) is 0 Å². The van der Waals surface area contributed by atoms with Crippen LogP contribution in [-0.2, 0) is 27.2 Å². The molecule has 1 fully saturated rings. The van der Waals surface area contributed by atoms with E-state index in [1.165, 1.54) is 12.0 Å². The second-order valence-corrected chi connectivity index (χ2v) is 8.57. The van der Waals surface area contributed by atoms with E-state index in [-0.39, 0.29) is 17.8 Å². The van der Waals surface area contributed by atoms with Crippen LogP contribution in [0.4, 0.5) is 5.69 Å². The van der Waals surface area contributed by atoms with Crippen molar-refractivity contribution in [3.8, 4) is 11.5 Å². The summed E-state index contributed by atoms with van der Waals surface area (Å²) in [6, 6.07) is 17.6. The standard InChI is InChI=1S/C28H23NO7/c1-35-22-5-3-2-4-20(22)25-24(26(32)18-8-11-21-17(15-18)12-13-36-21)27(33)28(34)29(25)19-9-6-16(7-10-19)14-23(30)31/h2-11,15,25,32H,12-14H2,1H3,(H,30,31)/b26-24+. The number of aliphatic carboxylic acids is 1. The summed E-state index contributed by atoms with van der Waals surface area (Å²) in [4.78, 5) is 39.1. The summed E-state index contributed by atoms with van der Waals surface area (Å²) < 4.78 is 11.1. The highest BCUT2D eigenvalue weighted by Gasteiger charge is 2.48. The zero-order chi connectivity index (χ0) is 25.4. The number of nitrogens with zero attached hydrogens (tertiary/aromatic N) is 1. The van der Waals surface area contributed by atoms with Crippen LogP contribution in [0.1, 0.15) is 28.3 Å². The summed E-state index contributed by atoms with van der Waals surface area (Å²) in [5.74, 6) is -1.71. The number of rotatable bonds is 6. The van der Waals surface area contributed by atoms with Gasteiger partial charge in [-0.2, -0.15) is 0 Å². The molecule has 36 heavy (non-hydrogen) atoms. The minimum Gasteiger partial charge on any atom is -0.507 e. The zero-order valence-electron chi connectivity index (χ0n) is 19.4. The number of carboxylic acids is 1. The third kappa shape index (κ3) is 3.96. The molecule has 1 atom stereocenters. The van der Waals surface area contributed by atoms with Crippen molar-refractivity contribution in [1.82, 2.24) is 0 Å². The highest BCUT2D eigenvalue weighted by Crippen LogP contribution is 2.45.